The van der Waals surface area contributed by atoms with E-state index in [-0.39, 0.29) is 6.10 Å². The van der Waals surface area contributed by atoms with Crippen LogP contribution in [0, 0.1) is 0 Å². The summed E-state index contributed by atoms with van der Waals surface area (Å²) in [4.78, 5) is 0. The highest BCUT2D eigenvalue weighted by molar-refractivity contribution is 6.48. The van der Waals surface area contributed by atoms with E-state index in [1.54, 1.807) is 0 Å². The van der Waals surface area contributed by atoms with Crippen LogP contribution in [0.3, 0.4) is 0 Å². The summed E-state index contributed by atoms with van der Waals surface area (Å²) in [5.41, 5.74) is 0. The lowest BCUT2D eigenvalue weighted by atomic mass is 10.4. The molecule has 0 bridgehead atoms. The summed E-state index contributed by atoms with van der Waals surface area (Å²) in [6, 6.07) is 0. The van der Waals surface area contributed by atoms with E-state index in [0.29, 0.717) is 0 Å². The van der Waals surface area contributed by atoms with Gasteiger partial charge in [0.1, 0.15) is 0 Å². The summed E-state index contributed by atoms with van der Waals surface area (Å²) < 4.78 is 5.42. The van der Waals surface area contributed by atoms with Crippen LogP contribution in [-0.2, 0) is 4.43 Å². The van der Waals surface area contributed by atoms with Crippen molar-refractivity contribution in [3.63, 3.8) is 0 Å². The van der Waals surface area contributed by atoms with Crippen LogP contribution in [0.25, 0.3) is 0 Å². The molecule has 0 aliphatic carbocycles. The van der Waals surface area contributed by atoms with E-state index in [1.165, 1.54) is 0 Å². The standard InChI is InChI=1S/C6H14OSi/c1-5-6(2)7-8(3)4/h5-6,8H,1H2,2-4H3. The van der Waals surface area contributed by atoms with Crippen LogP contribution < -0.4 is 0 Å². The molecule has 0 aromatic rings. The fourth-order valence-electron chi connectivity index (χ4n) is 0.485. The largest absolute Gasteiger partial charge is 0.415 e. The molecule has 0 saturated heterocycles. The molecule has 1 atom stereocenters. The lowest BCUT2D eigenvalue weighted by Gasteiger charge is -2.09. The highest BCUT2D eigenvalue weighted by atomic mass is 28.3. The van der Waals surface area contributed by atoms with Gasteiger partial charge in [0.25, 0.3) is 0 Å². The van der Waals surface area contributed by atoms with E-state index in [2.05, 4.69) is 19.7 Å². The van der Waals surface area contributed by atoms with Crippen molar-refractivity contribution in [2.75, 3.05) is 0 Å². The van der Waals surface area contributed by atoms with Crippen molar-refractivity contribution in [1.29, 1.82) is 0 Å². The lowest BCUT2D eigenvalue weighted by Crippen LogP contribution is -2.14. The third-order valence-corrected chi connectivity index (χ3v) is 1.79. The Balaban J connectivity index is 3.23. The predicted molar refractivity (Wildman–Crippen MR) is 39.6 cm³/mol. The Bertz CT molecular complexity index is 70.9. The fraction of sp³-hybridized carbons (Fsp3) is 0.667. The minimum absolute atomic E-state index is 0.252. The van der Waals surface area contributed by atoms with Gasteiger partial charge in [-0.15, -0.1) is 6.58 Å². The van der Waals surface area contributed by atoms with Crippen molar-refractivity contribution in [2.45, 2.75) is 26.1 Å². The molecule has 0 saturated carbocycles. The van der Waals surface area contributed by atoms with Gasteiger partial charge in [0.2, 0.25) is 0 Å². The summed E-state index contributed by atoms with van der Waals surface area (Å²) >= 11 is 0. The molecule has 0 aliphatic heterocycles. The van der Waals surface area contributed by atoms with Gasteiger partial charge in [-0.05, 0) is 20.0 Å². The summed E-state index contributed by atoms with van der Waals surface area (Å²) in [5.74, 6) is 0. The Morgan fingerprint density at radius 3 is 2.25 bits per heavy atom. The normalized spacial score (nSPS) is 14.0. The van der Waals surface area contributed by atoms with Crippen LogP contribution in [0.5, 0.6) is 0 Å². The first kappa shape index (κ1) is 7.92. The first-order valence-corrected chi connectivity index (χ1v) is 5.73. The van der Waals surface area contributed by atoms with Gasteiger partial charge in [-0.25, -0.2) is 0 Å². The molecule has 1 unspecified atom stereocenters. The van der Waals surface area contributed by atoms with Crippen molar-refractivity contribution < 1.29 is 4.43 Å². The van der Waals surface area contributed by atoms with Crippen molar-refractivity contribution in [3.05, 3.63) is 12.7 Å². The Morgan fingerprint density at radius 2 is 2.12 bits per heavy atom. The second-order valence-electron chi connectivity index (χ2n) is 2.13. The average molecular weight is 130 g/mol. The summed E-state index contributed by atoms with van der Waals surface area (Å²) in [6.07, 6.45) is 2.08. The van der Waals surface area contributed by atoms with Crippen molar-refractivity contribution in [3.8, 4) is 0 Å². The highest BCUT2D eigenvalue weighted by Crippen LogP contribution is 1.93. The van der Waals surface area contributed by atoms with Gasteiger partial charge in [-0.3, -0.25) is 0 Å². The first-order valence-electron chi connectivity index (χ1n) is 2.95. The first-order chi connectivity index (χ1) is 3.66. The maximum atomic E-state index is 5.42. The SMILES string of the molecule is C=CC(C)O[SiH](C)C. The minimum atomic E-state index is -0.817. The monoisotopic (exact) mass is 130 g/mol. The van der Waals surface area contributed by atoms with Crippen molar-refractivity contribution in [2.24, 2.45) is 0 Å². The van der Waals surface area contributed by atoms with E-state index in [0.717, 1.165) is 0 Å². The molecule has 8 heavy (non-hydrogen) atoms. The summed E-state index contributed by atoms with van der Waals surface area (Å²) in [7, 11) is -0.817. The lowest BCUT2D eigenvalue weighted by molar-refractivity contribution is 0.276. The van der Waals surface area contributed by atoms with Crippen molar-refractivity contribution >= 4 is 9.04 Å². The van der Waals surface area contributed by atoms with Crippen LogP contribution >= 0.6 is 0 Å². The Hall–Kier alpha value is -0.0831. The van der Waals surface area contributed by atoms with Gasteiger partial charge < -0.3 is 4.43 Å². The van der Waals surface area contributed by atoms with E-state index >= 15 is 0 Å². The molecule has 0 spiro atoms. The van der Waals surface area contributed by atoms with E-state index in [1.807, 2.05) is 13.0 Å². The molecule has 0 radical (unpaired) electrons. The van der Waals surface area contributed by atoms with Crippen LogP contribution in [0.2, 0.25) is 13.1 Å². The molecule has 48 valence electrons. The molecule has 0 rings (SSSR count). The molecule has 0 heterocycles. The van der Waals surface area contributed by atoms with E-state index in [9.17, 15) is 0 Å². The van der Waals surface area contributed by atoms with Crippen LogP contribution in [0.4, 0.5) is 0 Å². The zero-order chi connectivity index (χ0) is 6.57. The zero-order valence-corrected chi connectivity index (χ0v) is 7.00. The Labute approximate surface area is 53.1 Å². The Morgan fingerprint density at radius 1 is 1.62 bits per heavy atom. The molecule has 0 fully saturated rings. The summed E-state index contributed by atoms with van der Waals surface area (Å²) in [5, 5.41) is 0. The maximum absolute atomic E-state index is 5.42. The third kappa shape index (κ3) is 4.09. The molecule has 1 nitrogen and oxygen atoms in total. The molecular formula is C6H14OSi. The van der Waals surface area contributed by atoms with Gasteiger partial charge in [0.05, 0.1) is 6.10 Å². The minimum Gasteiger partial charge on any atom is -0.415 e. The number of hydrogen-bond donors (Lipinski definition) is 0. The maximum Gasteiger partial charge on any atom is 0.171 e. The third-order valence-electron chi connectivity index (χ3n) is 0.819. The topological polar surface area (TPSA) is 9.23 Å². The van der Waals surface area contributed by atoms with E-state index < -0.39 is 9.04 Å². The number of rotatable bonds is 3. The Kier molecular flexibility index (Phi) is 3.82. The van der Waals surface area contributed by atoms with Gasteiger partial charge in [0, 0.05) is 0 Å². The second-order valence-corrected chi connectivity index (χ2v) is 4.50. The number of hydrogen-bond acceptors (Lipinski definition) is 1. The quantitative estimate of drug-likeness (QED) is 0.416. The van der Waals surface area contributed by atoms with Crippen LogP contribution in [0.15, 0.2) is 12.7 Å². The molecule has 2 heteroatoms. The van der Waals surface area contributed by atoms with E-state index in [4.69, 9.17) is 4.43 Å². The van der Waals surface area contributed by atoms with Gasteiger partial charge >= 0.3 is 0 Å². The molecular weight excluding hydrogens is 116 g/mol. The fourth-order valence-corrected chi connectivity index (χ4v) is 1.45. The second kappa shape index (κ2) is 3.86. The van der Waals surface area contributed by atoms with Crippen LogP contribution in [-0.4, -0.2) is 15.1 Å². The van der Waals surface area contributed by atoms with Gasteiger partial charge in [-0.1, -0.05) is 6.08 Å². The predicted octanol–water partition coefficient (Wildman–Crippen LogP) is 1.56. The van der Waals surface area contributed by atoms with Gasteiger partial charge in [-0.2, -0.15) is 0 Å². The van der Waals surface area contributed by atoms with Crippen molar-refractivity contribution in [1.82, 2.24) is 0 Å². The van der Waals surface area contributed by atoms with Gasteiger partial charge in [0.15, 0.2) is 9.04 Å². The highest BCUT2D eigenvalue weighted by Gasteiger charge is 1.98. The summed E-state index contributed by atoms with van der Waals surface area (Å²) in [6.45, 7) is 9.93. The molecule has 0 amide bonds. The average Bonchev–Trinajstić information content (AvgIpc) is 1.65. The zero-order valence-electron chi connectivity index (χ0n) is 5.85. The molecule has 0 aliphatic rings. The molecule has 0 aromatic carbocycles. The molecule has 0 aromatic heterocycles. The van der Waals surface area contributed by atoms with Crippen LogP contribution in [0.1, 0.15) is 6.92 Å². The smallest absolute Gasteiger partial charge is 0.171 e. The molecule has 0 N–H and O–H groups in total.